The number of rotatable bonds is 6. The molecule has 0 bridgehead atoms. The summed E-state index contributed by atoms with van der Waals surface area (Å²) in [6.45, 7) is 4.89. The van der Waals surface area contributed by atoms with Crippen molar-refractivity contribution in [2.24, 2.45) is 0 Å². The van der Waals surface area contributed by atoms with Crippen molar-refractivity contribution in [1.29, 1.82) is 0 Å². The molecule has 0 atom stereocenters. The van der Waals surface area contributed by atoms with Crippen molar-refractivity contribution in [3.63, 3.8) is 0 Å². The molecule has 0 fully saturated rings. The van der Waals surface area contributed by atoms with Crippen molar-refractivity contribution in [3.8, 4) is 5.69 Å². The maximum Gasteiger partial charge on any atom is 0.257 e. The zero-order chi connectivity index (χ0) is 17.0. The summed E-state index contributed by atoms with van der Waals surface area (Å²) in [5, 5.41) is 4.43. The van der Waals surface area contributed by atoms with Gasteiger partial charge in [-0.05, 0) is 44.5 Å². The van der Waals surface area contributed by atoms with Gasteiger partial charge in [0.1, 0.15) is 5.82 Å². The molecule has 0 radical (unpaired) electrons. The number of ether oxygens (including phenoxy) is 1. The van der Waals surface area contributed by atoms with Gasteiger partial charge in [-0.15, -0.1) is 0 Å². The molecule has 2 rings (SSSR count). The van der Waals surface area contributed by atoms with E-state index in [0.717, 1.165) is 17.8 Å². The quantitative estimate of drug-likeness (QED) is 0.769. The van der Waals surface area contributed by atoms with Gasteiger partial charge in [0.2, 0.25) is 0 Å². The summed E-state index contributed by atoms with van der Waals surface area (Å²) in [4.78, 5) is 14.3. The Morgan fingerprint density at radius 2 is 1.96 bits per heavy atom. The SMILES string of the molecule is COCCCN(C)C(=O)c1c(C)nn(-c2ccc(F)cc2)c1C. The third kappa shape index (κ3) is 3.76. The summed E-state index contributed by atoms with van der Waals surface area (Å²) < 4.78 is 19.8. The summed E-state index contributed by atoms with van der Waals surface area (Å²) in [5.74, 6) is -0.367. The fraction of sp³-hybridized carbons (Fsp3) is 0.412. The molecule has 1 aromatic carbocycles. The number of methoxy groups -OCH3 is 1. The lowest BCUT2D eigenvalue weighted by atomic mass is 10.1. The Bertz CT molecular complexity index is 680. The zero-order valence-corrected chi connectivity index (χ0v) is 14.0. The Morgan fingerprint density at radius 3 is 2.57 bits per heavy atom. The minimum Gasteiger partial charge on any atom is -0.385 e. The summed E-state index contributed by atoms with van der Waals surface area (Å²) in [6, 6.07) is 6.05. The zero-order valence-electron chi connectivity index (χ0n) is 14.0. The van der Waals surface area contributed by atoms with Crippen LogP contribution in [0.3, 0.4) is 0 Å². The second kappa shape index (κ2) is 7.37. The van der Waals surface area contributed by atoms with Gasteiger partial charge in [0.25, 0.3) is 5.91 Å². The number of aromatic nitrogens is 2. The predicted octanol–water partition coefficient (Wildman–Crippen LogP) is 2.74. The van der Waals surface area contributed by atoms with Crippen LogP contribution in [0, 0.1) is 19.7 Å². The molecule has 0 saturated carbocycles. The first-order valence-corrected chi connectivity index (χ1v) is 7.52. The van der Waals surface area contributed by atoms with Gasteiger partial charge in [-0.25, -0.2) is 9.07 Å². The highest BCUT2D eigenvalue weighted by Gasteiger charge is 2.22. The lowest BCUT2D eigenvalue weighted by molar-refractivity contribution is 0.0778. The average Bonchev–Trinajstić information content (AvgIpc) is 2.82. The maximum absolute atomic E-state index is 13.1. The molecule has 0 saturated heterocycles. The fourth-order valence-corrected chi connectivity index (χ4v) is 2.52. The van der Waals surface area contributed by atoms with Crippen molar-refractivity contribution in [2.75, 3.05) is 27.3 Å². The van der Waals surface area contributed by atoms with Gasteiger partial charge in [-0.3, -0.25) is 4.79 Å². The van der Waals surface area contributed by atoms with Crippen LogP contribution in [0.2, 0.25) is 0 Å². The van der Waals surface area contributed by atoms with Gasteiger partial charge < -0.3 is 9.64 Å². The largest absolute Gasteiger partial charge is 0.385 e. The van der Waals surface area contributed by atoms with Gasteiger partial charge in [0.15, 0.2) is 0 Å². The maximum atomic E-state index is 13.1. The molecule has 0 N–H and O–H groups in total. The van der Waals surface area contributed by atoms with Crippen LogP contribution in [0.15, 0.2) is 24.3 Å². The van der Waals surface area contributed by atoms with Gasteiger partial charge in [0, 0.05) is 27.3 Å². The number of benzene rings is 1. The molecule has 1 aromatic heterocycles. The van der Waals surface area contributed by atoms with E-state index in [-0.39, 0.29) is 11.7 Å². The molecule has 1 amide bonds. The molecule has 0 aliphatic heterocycles. The Hall–Kier alpha value is -2.21. The standard InChI is InChI=1S/C17H22FN3O2/c1-12-16(17(22)20(3)10-5-11-23-4)13(2)21(19-12)15-8-6-14(18)7-9-15/h6-9H,5,10-11H2,1-4H3. The molecule has 0 spiro atoms. The summed E-state index contributed by atoms with van der Waals surface area (Å²) in [7, 11) is 3.41. The fourth-order valence-electron chi connectivity index (χ4n) is 2.52. The molecule has 23 heavy (non-hydrogen) atoms. The van der Waals surface area contributed by atoms with Crippen LogP contribution in [0.25, 0.3) is 5.69 Å². The normalized spacial score (nSPS) is 10.8. The molecule has 2 aromatic rings. The number of hydrogen-bond acceptors (Lipinski definition) is 3. The third-order valence-electron chi connectivity index (χ3n) is 3.77. The predicted molar refractivity (Wildman–Crippen MR) is 86.4 cm³/mol. The molecular formula is C17H22FN3O2. The van der Waals surface area contributed by atoms with Gasteiger partial charge in [-0.2, -0.15) is 5.10 Å². The Morgan fingerprint density at radius 1 is 1.30 bits per heavy atom. The molecule has 0 unspecified atom stereocenters. The Balaban J connectivity index is 2.26. The molecule has 6 heteroatoms. The third-order valence-corrected chi connectivity index (χ3v) is 3.77. The minimum absolute atomic E-state index is 0.0653. The molecule has 124 valence electrons. The summed E-state index contributed by atoms with van der Waals surface area (Å²) >= 11 is 0. The Kier molecular flexibility index (Phi) is 5.50. The number of halogens is 1. The minimum atomic E-state index is -0.301. The number of amides is 1. The van der Waals surface area contributed by atoms with E-state index in [1.807, 2.05) is 13.8 Å². The van der Waals surface area contributed by atoms with E-state index in [2.05, 4.69) is 5.10 Å². The van der Waals surface area contributed by atoms with Crippen LogP contribution in [0.4, 0.5) is 4.39 Å². The van der Waals surface area contributed by atoms with E-state index in [1.54, 1.807) is 35.9 Å². The lowest BCUT2D eigenvalue weighted by Crippen LogP contribution is -2.29. The first-order chi connectivity index (χ1) is 11.0. The van der Waals surface area contributed by atoms with Crippen molar-refractivity contribution in [1.82, 2.24) is 14.7 Å². The van der Waals surface area contributed by atoms with E-state index in [1.165, 1.54) is 12.1 Å². The van der Waals surface area contributed by atoms with Crippen molar-refractivity contribution in [2.45, 2.75) is 20.3 Å². The first kappa shape index (κ1) is 17.1. The number of aryl methyl sites for hydroxylation is 1. The molecule has 0 aliphatic carbocycles. The van der Waals surface area contributed by atoms with Gasteiger partial charge in [0.05, 0.1) is 22.6 Å². The Labute approximate surface area is 135 Å². The highest BCUT2D eigenvalue weighted by atomic mass is 19.1. The second-order valence-corrected chi connectivity index (χ2v) is 5.51. The second-order valence-electron chi connectivity index (χ2n) is 5.51. The topological polar surface area (TPSA) is 47.4 Å². The van der Waals surface area contributed by atoms with Crippen molar-refractivity contribution >= 4 is 5.91 Å². The van der Waals surface area contributed by atoms with Gasteiger partial charge >= 0.3 is 0 Å². The number of hydrogen-bond donors (Lipinski definition) is 0. The summed E-state index contributed by atoms with van der Waals surface area (Å²) in [6.07, 6.45) is 0.781. The molecule has 1 heterocycles. The highest BCUT2D eigenvalue weighted by Crippen LogP contribution is 2.19. The van der Waals surface area contributed by atoms with Crippen LogP contribution in [0.1, 0.15) is 28.2 Å². The van der Waals surface area contributed by atoms with E-state index < -0.39 is 0 Å². The van der Waals surface area contributed by atoms with Crippen LogP contribution in [0.5, 0.6) is 0 Å². The van der Waals surface area contributed by atoms with E-state index in [0.29, 0.717) is 24.4 Å². The average molecular weight is 319 g/mol. The van der Waals surface area contributed by atoms with Gasteiger partial charge in [-0.1, -0.05) is 0 Å². The summed E-state index contributed by atoms with van der Waals surface area (Å²) in [5.41, 5.74) is 2.73. The van der Waals surface area contributed by atoms with E-state index in [4.69, 9.17) is 4.74 Å². The number of nitrogens with zero attached hydrogens (tertiary/aromatic N) is 3. The van der Waals surface area contributed by atoms with Crippen molar-refractivity contribution < 1.29 is 13.9 Å². The van der Waals surface area contributed by atoms with Crippen LogP contribution < -0.4 is 0 Å². The number of carbonyl (C=O) groups excluding carboxylic acids is 1. The monoisotopic (exact) mass is 319 g/mol. The van der Waals surface area contributed by atoms with Crippen molar-refractivity contribution in [3.05, 3.63) is 47.0 Å². The molecule has 0 aliphatic rings. The van der Waals surface area contributed by atoms with E-state index >= 15 is 0 Å². The highest BCUT2D eigenvalue weighted by molar-refractivity contribution is 5.96. The number of carbonyl (C=O) groups is 1. The van der Waals surface area contributed by atoms with Crippen LogP contribution >= 0.6 is 0 Å². The van der Waals surface area contributed by atoms with Crippen LogP contribution in [-0.2, 0) is 4.74 Å². The first-order valence-electron chi connectivity index (χ1n) is 7.52. The molecule has 5 nitrogen and oxygen atoms in total. The smallest absolute Gasteiger partial charge is 0.257 e. The van der Waals surface area contributed by atoms with E-state index in [9.17, 15) is 9.18 Å². The van der Waals surface area contributed by atoms with Crippen LogP contribution in [-0.4, -0.2) is 47.9 Å². The lowest BCUT2D eigenvalue weighted by Gasteiger charge is -2.17. The molecular weight excluding hydrogens is 297 g/mol.